The van der Waals surface area contributed by atoms with E-state index < -0.39 is 7.32 Å². The molecule has 0 heterocycles. The third-order valence-corrected chi connectivity index (χ3v) is 1.66. The van der Waals surface area contributed by atoms with Gasteiger partial charge in [-0.15, -0.1) is 0 Å². The fraction of sp³-hybridized carbons (Fsp3) is 0.143. The van der Waals surface area contributed by atoms with Crippen LogP contribution in [0, 0.1) is 0 Å². The molecule has 70 valence electrons. The summed E-state index contributed by atoms with van der Waals surface area (Å²) in [6.07, 6.45) is 0. The van der Waals surface area contributed by atoms with E-state index in [1.807, 2.05) is 0 Å². The maximum absolute atomic E-state index is 8.55. The van der Waals surface area contributed by atoms with Gasteiger partial charge in [0.1, 0.15) is 5.75 Å². The van der Waals surface area contributed by atoms with Crippen molar-refractivity contribution in [1.82, 2.24) is 0 Å². The van der Waals surface area contributed by atoms with E-state index in [2.05, 4.69) is 4.65 Å². The van der Waals surface area contributed by atoms with Crippen molar-refractivity contribution in [3.05, 3.63) is 23.2 Å². The van der Waals surface area contributed by atoms with Crippen LogP contribution >= 0.6 is 11.6 Å². The number of halogens is 1. The highest BCUT2D eigenvalue weighted by molar-refractivity contribution is 6.34. The SMILES string of the molecule is COc1c(Cl)cccc1OB(O)O. The number of para-hydroxylation sites is 1. The predicted molar refractivity (Wildman–Crippen MR) is 48.8 cm³/mol. The van der Waals surface area contributed by atoms with Crippen molar-refractivity contribution in [3.8, 4) is 11.5 Å². The number of hydrogen-bond donors (Lipinski definition) is 2. The van der Waals surface area contributed by atoms with Gasteiger partial charge in [-0.3, -0.25) is 0 Å². The fourth-order valence-electron chi connectivity index (χ4n) is 0.894. The van der Waals surface area contributed by atoms with Crippen molar-refractivity contribution in [2.45, 2.75) is 0 Å². The zero-order chi connectivity index (χ0) is 9.84. The monoisotopic (exact) mass is 202 g/mol. The lowest BCUT2D eigenvalue weighted by molar-refractivity contribution is 0.279. The summed E-state index contributed by atoms with van der Waals surface area (Å²) in [5.41, 5.74) is 0. The van der Waals surface area contributed by atoms with E-state index in [0.717, 1.165) is 0 Å². The molecule has 1 rings (SSSR count). The van der Waals surface area contributed by atoms with Crippen LogP contribution in [0.5, 0.6) is 11.5 Å². The molecule has 0 bridgehead atoms. The highest BCUT2D eigenvalue weighted by Gasteiger charge is 2.16. The normalized spacial score (nSPS) is 9.54. The zero-order valence-corrected chi connectivity index (χ0v) is 7.65. The van der Waals surface area contributed by atoms with E-state index in [9.17, 15) is 0 Å². The Morgan fingerprint density at radius 3 is 2.62 bits per heavy atom. The molecular weight excluding hydrogens is 194 g/mol. The summed E-state index contributed by atoms with van der Waals surface area (Å²) in [6, 6.07) is 4.74. The lowest BCUT2D eigenvalue weighted by atomic mass is 10.2. The first-order valence-electron chi connectivity index (χ1n) is 3.50. The van der Waals surface area contributed by atoms with Crippen molar-refractivity contribution >= 4 is 18.9 Å². The number of rotatable bonds is 3. The number of benzene rings is 1. The summed E-state index contributed by atoms with van der Waals surface area (Å²) >= 11 is 5.74. The molecule has 0 atom stereocenters. The Hall–Kier alpha value is -0.905. The second kappa shape index (κ2) is 4.36. The summed E-state index contributed by atoms with van der Waals surface area (Å²) in [5, 5.41) is 17.5. The molecule has 4 nitrogen and oxygen atoms in total. The Labute approximate surface area is 80.8 Å². The van der Waals surface area contributed by atoms with Crippen molar-refractivity contribution in [2.75, 3.05) is 7.11 Å². The molecule has 0 fully saturated rings. The van der Waals surface area contributed by atoms with Crippen LogP contribution in [-0.2, 0) is 0 Å². The van der Waals surface area contributed by atoms with Gasteiger partial charge in [-0.25, -0.2) is 0 Å². The van der Waals surface area contributed by atoms with Crippen LogP contribution in [0.15, 0.2) is 18.2 Å². The van der Waals surface area contributed by atoms with Crippen molar-refractivity contribution in [1.29, 1.82) is 0 Å². The second-order valence-corrected chi connectivity index (χ2v) is 2.62. The third-order valence-electron chi connectivity index (χ3n) is 1.37. The number of hydrogen-bond acceptors (Lipinski definition) is 4. The molecule has 0 aliphatic rings. The van der Waals surface area contributed by atoms with Gasteiger partial charge in [0.2, 0.25) is 0 Å². The number of methoxy groups -OCH3 is 1. The molecule has 0 amide bonds. The standard InChI is InChI=1S/C7H8BClO4/c1-12-7-5(9)3-2-4-6(7)13-8(10)11/h2-4,10-11H,1H3. The fourth-order valence-corrected chi connectivity index (χ4v) is 1.14. The van der Waals surface area contributed by atoms with Gasteiger partial charge in [0.15, 0.2) is 5.75 Å². The van der Waals surface area contributed by atoms with Crippen LogP contribution in [0.3, 0.4) is 0 Å². The van der Waals surface area contributed by atoms with Gasteiger partial charge in [-0.2, -0.15) is 0 Å². The molecule has 0 aliphatic carbocycles. The van der Waals surface area contributed by atoms with Gasteiger partial charge in [0, 0.05) is 0 Å². The van der Waals surface area contributed by atoms with Crippen LogP contribution in [0.4, 0.5) is 0 Å². The van der Waals surface area contributed by atoms with Crippen LogP contribution in [-0.4, -0.2) is 24.5 Å². The molecule has 0 radical (unpaired) electrons. The Bertz CT molecular complexity index is 292. The molecule has 1 aromatic rings. The molecule has 1 aromatic carbocycles. The average Bonchev–Trinajstić information content (AvgIpc) is 2.03. The lowest BCUT2D eigenvalue weighted by Crippen LogP contribution is -2.20. The molecule has 0 aliphatic heterocycles. The van der Waals surface area contributed by atoms with Crippen LogP contribution in [0.1, 0.15) is 0 Å². The smallest absolute Gasteiger partial charge is 0.509 e. The lowest BCUT2D eigenvalue weighted by Gasteiger charge is -2.10. The van der Waals surface area contributed by atoms with Gasteiger partial charge < -0.3 is 19.4 Å². The van der Waals surface area contributed by atoms with Crippen LogP contribution in [0.2, 0.25) is 5.02 Å². The van der Waals surface area contributed by atoms with Crippen molar-refractivity contribution in [2.24, 2.45) is 0 Å². The summed E-state index contributed by atoms with van der Waals surface area (Å²) in [4.78, 5) is 0. The van der Waals surface area contributed by atoms with Crippen LogP contribution < -0.4 is 9.39 Å². The van der Waals surface area contributed by atoms with E-state index >= 15 is 0 Å². The van der Waals surface area contributed by atoms with Gasteiger partial charge in [0.05, 0.1) is 12.1 Å². The highest BCUT2D eigenvalue weighted by Crippen LogP contribution is 2.34. The first-order valence-corrected chi connectivity index (χ1v) is 3.88. The van der Waals surface area contributed by atoms with Crippen LogP contribution in [0.25, 0.3) is 0 Å². The predicted octanol–water partition coefficient (Wildman–Crippen LogP) is 0.697. The van der Waals surface area contributed by atoms with E-state index in [0.29, 0.717) is 5.02 Å². The molecule has 0 unspecified atom stereocenters. The zero-order valence-electron chi connectivity index (χ0n) is 6.90. The number of ether oxygens (including phenoxy) is 1. The molecule has 0 saturated heterocycles. The Kier molecular flexibility index (Phi) is 3.42. The minimum Gasteiger partial charge on any atom is -0.509 e. The first-order chi connectivity index (χ1) is 6.15. The maximum atomic E-state index is 8.55. The average molecular weight is 202 g/mol. The highest BCUT2D eigenvalue weighted by atomic mass is 35.5. The Morgan fingerprint density at radius 1 is 1.38 bits per heavy atom. The van der Waals surface area contributed by atoms with Crippen molar-refractivity contribution < 1.29 is 19.4 Å². The van der Waals surface area contributed by atoms with E-state index in [4.69, 9.17) is 26.4 Å². The topological polar surface area (TPSA) is 58.9 Å². The molecule has 2 N–H and O–H groups in total. The Balaban J connectivity index is 2.98. The van der Waals surface area contributed by atoms with Gasteiger partial charge in [0.25, 0.3) is 0 Å². The quantitative estimate of drug-likeness (QED) is 0.708. The minimum atomic E-state index is -1.88. The third kappa shape index (κ3) is 2.52. The molecule has 0 saturated carbocycles. The Morgan fingerprint density at radius 2 is 2.08 bits per heavy atom. The maximum Gasteiger partial charge on any atom is 0.707 e. The molecular formula is C7H8BClO4. The molecule has 0 aromatic heterocycles. The summed E-state index contributed by atoms with van der Waals surface area (Å²) in [5.74, 6) is 0.460. The van der Waals surface area contributed by atoms with Gasteiger partial charge in [-0.1, -0.05) is 17.7 Å². The largest absolute Gasteiger partial charge is 0.707 e. The first kappa shape index (κ1) is 10.2. The van der Waals surface area contributed by atoms with Gasteiger partial charge >= 0.3 is 7.32 Å². The van der Waals surface area contributed by atoms with Gasteiger partial charge in [-0.05, 0) is 12.1 Å². The minimum absolute atomic E-state index is 0.185. The van der Waals surface area contributed by atoms with Crippen molar-refractivity contribution in [3.63, 3.8) is 0 Å². The molecule has 0 spiro atoms. The van der Waals surface area contributed by atoms with E-state index in [1.165, 1.54) is 13.2 Å². The second-order valence-electron chi connectivity index (χ2n) is 2.22. The molecule has 6 heteroatoms. The summed E-state index contributed by atoms with van der Waals surface area (Å²) < 4.78 is 9.52. The van der Waals surface area contributed by atoms with E-state index in [-0.39, 0.29) is 11.5 Å². The summed E-state index contributed by atoms with van der Waals surface area (Å²) in [7, 11) is -0.468. The summed E-state index contributed by atoms with van der Waals surface area (Å²) in [6.45, 7) is 0. The molecule has 13 heavy (non-hydrogen) atoms. The van der Waals surface area contributed by atoms with E-state index in [1.54, 1.807) is 12.1 Å².